The van der Waals surface area contributed by atoms with Gasteiger partial charge in [0.2, 0.25) is 5.91 Å². The average Bonchev–Trinajstić information content (AvgIpc) is 2.24. The number of nitrogens with one attached hydrogen (secondary N) is 2. The second-order valence-electron chi connectivity index (χ2n) is 3.30. The molecule has 1 aliphatic rings. The average molecular weight is 222 g/mol. The van der Waals surface area contributed by atoms with Crippen molar-refractivity contribution in [3.8, 4) is 0 Å². The van der Waals surface area contributed by atoms with Crippen LogP contribution in [0.1, 0.15) is 11.6 Å². The minimum absolute atomic E-state index is 0.365. The Morgan fingerprint density at radius 3 is 2.47 bits per heavy atom. The molecule has 3 amide bonds. The van der Waals surface area contributed by atoms with E-state index in [2.05, 4.69) is 23.3 Å². The molecule has 0 unspecified atom stereocenters. The molecule has 0 bridgehead atoms. The molecule has 1 fully saturated rings. The van der Waals surface area contributed by atoms with Crippen LogP contribution in [0.4, 0.5) is 4.79 Å². The van der Waals surface area contributed by atoms with Crippen molar-refractivity contribution >= 4 is 24.6 Å². The van der Waals surface area contributed by atoms with E-state index in [-0.39, 0.29) is 11.9 Å². The Morgan fingerprint density at radius 2 is 1.80 bits per heavy atom. The Balaban J connectivity index is 2.28. The lowest BCUT2D eigenvalue weighted by Gasteiger charge is -2.28. The standard InChI is InChI=1S/C10H10N2O2S/c13-9-8(15)7(11-10(14)12-9)6-4-2-1-3-5-6/h1-5,7-8,15H,(H2,11,12,13,14)/t7-,8-/m1/s1. The molecule has 1 aliphatic heterocycles. The number of thiol groups is 1. The molecular weight excluding hydrogens is 212 g/mol. The van der Waals surface area contributed by atoms with Crippen LogP contribution in [0.25, 0.3) is 0 Å². The van der Waals surface area contributed by atoms with Gasteiger partial charge in [-0.05, 0) is 5.56 Å². The first kappa shape index (κ1) is 10.0. The molecule has 0 saturated carbocycles. The van der Waals surface area contributed by atoms with Gasteiger partial charge >= 0.3 is 6.03 Å². The number of amides is 3. The Hall–Kier alpha value is -1.49. The van der Waals surface area contributed by atoms with E-state index < -0.39 is 11.3 Å². The maximum Gasteiger partial charge on any atom is 0.322 e. The van der Waals surface area contributed by atoms with Gasteiger partial charge in [-0.15, -0.1) is 0 Å². The summed E-state index contributed by atoms with van der Waals surface area (Å²) in [5.74, 6) is -0.365. The number of imide groups is 1. The fourth-order valence-corrected chi connectivity index (χ4v) is 1.83. The SMILES string of the molecule is O=C1NC(=O)[C@H](S)[C@@H](c2ccccc2)N1. The molecule has 78 valence electrons. The Labute approximate surface area is 92.5 Å². The van der Waals surface area contributed by atoms with Crippen molar-refractivity contribution in [3.63, 3.8) is 0 Å². The van der Waals surface area contributed by atoms with Gasteiger partial charge in [-0.3, -0.25) is 10.1 Å². The number of benzene rings is 1. The van der Waals surface area contributed by atoms with Crippen molar-refractivity contribution in [2.24, 2.45) is 0 Å². The Kier molecular flexibility index (Phi) is 2.64. The van der Waals surface area contributed by atoms with Gasteiger partial charge < -0.3 is 5.32 Å². The third-order valence-corrected chi connectivity index (χ3v) is 2.80. The molecule has 4 nitrogen and oxygen atoms in total. The van der Waals surface area contributed by atoms with E-state index in [0.29, 0.717) is 0 Å². The van der Waals surface area contributed by atoms with E-state index in [9.17, 15) is 9.59 Å². The molecule has 1 heterocycles. The summed E-state index contributed by atoms with van der Waals surface area (Å²) in [4.78, 5) is 22.5. The summed E-state index contributed by atoms with van der Waals surface area (Å²) >= 11 is 4.18. The van der Waals surface area contributed by atoms with Crippen molar-refractivity contribution < 1.29 is 9.59 Å². The molecular formula is C10H10N2O2S. The first-order valence-corrected chi connectivity index (χ1v) is 5.04. The lowest BCUT2D eigenvalue weighted by Crippen LogP contribution is -2.54. The van der Waals surface area contributed by atoms with Gasteiger partial charge in [-0.25, -0.2) is 4.79 Å². The minimum atomic E-state index is -0.551. The molecule has 2 rings (SSSR count). The normalized spacial score (nSPS) is 25.7. The van der Waals surface area contributed by atoms with E-state index in [1.807, 2.05) is 30.3 Å². The lowest BCUT2D eigenvalue weighted by molar-refractivity contribution is -0.120. The Bertz CT molecular complexity index is 394. The smallest absolute Gasteiger partial charge is 0.322 e. The predicted molar refractivity (Wildman–Crippen MR) is 58.6 cm³/mol. The van der Waals surface area contributed by atoms with Crippen molar-refractivity contribution in [1.82, 2.24) is 10.6 Å². The van der Waals surface area contributed by atoms with Crippen LogP contribution in [0, 0.1) is 0 Å². The van der Waals surface area contributed by atoms with Crippen molar-refractivity contribution in [1.29, 1.82) is 0 Å². The van der Waals surface area contributed by atoms with E-state index >= 15 is 0 Å². The summed E-state index contributed by atoms with van der Waals surface area (Å²) in [5, 5.41) is 4.28. The largest absolute Gasteiger partial charge is 0.329 e. The highest BCUT2D eigenvalue weighted by Crippen LogP contribution is 2.22. The van der Waals surface area contributed by atoms with Crippen LogP contribution in [-0.4, -0.2) is 17.2 Å². The molecule has 1 aromatic carbocycles. The summed E-state index contributed by atoms with van der Waals surface area (Å²) in [5.41, 5.74) is 0.876. The fourth-order valence-electron chi connectivity index (χ4n) is 1.52. The third-order valence-electron chi connectivity index (χ3n) is 2.27. The molecule has 0 aromatic heterocycles. The second-order valence-corrected chi connectivity index (χ2v) is 3.85. The van der Waals surface area contributed by atoms with Gasteiger partial charge in [0.1, 0.15) is 5.25 Å². The topological polar surface area (TPSA) is 58.2 Å². The van der Waals surface area contributed by atoms with Crippen LogP contribution in [0.3, 0.4) is 0 Å². The number of hydrogen-bond donors (Lipinski definition) is 3. The minimum Gasteiger partial charge on any atom is -0.329 e. The van der Waals surface area contributed by atoms with Crippen molar-refractivity contribution in [3.05, 3.63) is 35.9 Å². The lowest BCUT2D eigenvalue weighted by atomic mass is 10.0. The summed E-state index contributed by atoms with van der Waals surface area (Å²) in [6.45, 7) is 0. The zero-order valence-electron chi connectivity index (χ0n) is 7.81. The number of hydrogen-bond acceptors (Lipinski definition) is 3. The molecule has 0 spiro atoms. The molecule has 0 aliphatic carbocycles. The van der Waals surface area contributed by atoms with Crippen LogP contribution in [0.2, 0.25) is 0 Å². The highest BCUT2D eigenvalue weighted by Gasteiger charge is 2.33. The van der Waals surface area contributed by atoms with Crippen LogP contribution in [0.15, 0.2) is 30.3 Å². The maximum absolute atomic E-state index is 11.3. The van der Waals surface area contributed by atoms with Gasteiger partial charge in [-0.2, -0.15) is 12.6 Å². The fraction of sp³-hybridized carbons (Fsp3) is 0.200. The molecule has 1 saturated heterocycles. The molecule has 0 radical (unpaired) electrons. The zero-order chi connectivity index (χ0) is 10.8. The van der Waals surface area contributed by atoms with Crippen LogP contribution >= 0.6 is 12.6 Å². The van der Waals surface area contributed by atoms with Crippen LogP contribution < -0.4 is 10.6 Å². The van der Waals surface area contributed by atoms with Gasteiger partial charge in [0.05, 0.1) is 6.04 Å². The zero-order valence-corrected chi connectivity index (χ0v) is 8.70. The number of urea groups is 1. The van der Waals surface area contributed by atoms with Crippen molar-refractivity contribution in [2.45, 2.75) is 11.3 Å². The van der Waals surface area contributed by atoms with Crippen LogP contribution in [0.5, 0.6) is 0 Å². The van der Waals surface area contributed by atoms with Crippen LogP contribution in [-0.2, 0) is 4.79 Å². The van der Waals surface area contributed by atoms with Crippen molar-refractivity contribution in [2.75, 3.05) is 0 Å². The summed E-state index contributed by atoms with van der Waals surface area (Å²) < 4.78 is 0. The molecule has 5 heteroatoms. The summed E-state index contributed by atoms with van der Waals surface area (Å²) in [7, 11) is 0. The molecule has 2 atom stereocenters. The van der Waals surface area contributed by atoms with E-state index in [4.69, 9.17) is 0 Å². The highest BCUT2D eigenvalue weighted by molar-refractivity contribution is 7.81. The van der Waals surface area contributed by atoms with Gasteiger partial charge in [-0.1, -0.05) is 30.3 Å². The summed E-state index contributed by atoms with van der Waals surface area (Å²) in [6, 6.07) is 8.46. The van der Waals surface area contributed by atoms with E-state index in [0.717, 1.165) is 5.56 Å². The number of carbonyl (C=O) groups excluding carboxylic acids is 2. The third kappa shape index (κ3) is 1.97. The predicted octanol–water partition coefficient (Wildman–Crippen LogP) is 0.865. The summed E-state index contributed by atoms with van der Waals surface area (Å²) in [6.07, 6.45) is 0. The quantitative estimate of drug-likeness (QED) is 0.617. The second kappa shape index (κ2) is 3.94. The number of carbonyl (C=O) groups is 2. The highest BCUT2D eigenvalue weighted by atomic mass is 32.1. The van der Waals surface area contributed by atoms with Gasteiger partial charge in [0.15, 0.2) is 0 Å². The Morgan fingerprint density at radius 1 is 1.13 bits per heavy atom. The molecule has 15 heavy (non-hydrogen) atoms. The van der Waals surface area contributed by atoms with E-state index in [1.165, 1.54) is 0 Å². The first-order valence-electron chi connectivity index (χ1n) is 4.53. The first-order chi connectivity index (χ1) is 7.18. The van der Waals surface area contributed by atoms with Gasteiger partial charge in [0, 0.05) is 0 Å². The maximum atomic E-state index is 11.3. The van der Waals surface area contributed by atoms with Gasteiger partial charge in [0.25, 0.3) is 0 Å². The molecule has 1 aromatic rings. The van der Waals surface area contributed by atoms with E-state index in [1.54, 1.807) is 0 Å². The molecule has 2 N–H and O–H groups in total. The monoisotopic (exact) mass is 222 g/mol. The number of rotatable bonds is 1.